The van der Waals surface area contributed by atoms with Crippen molar-refractivity contribution >= 4 is 34.2 Å². The molecule has 0 unspecified atom stereocenters. The van der Waals surface area contributed by atoms with Gasteiger partial charge in [-0.2, -0.15) is 0 Å². The van der Waals surface area contributed by atoms with Crippen LogP contribution in [0.1, 0.15) is 17.7 Å². The second-order valence-electron chi connectivity index (χ2n) is 2.97. The summed E-state index contributed by atoms with van der Waals surface area (Å²) in [6, 6.07) is 0.749. The summed E-state index contributed by atoms with van der Waals surface area (Å²) < 4.78 is 25.0. The first-order valence-electron chi connectivity index (χ1n) is 4.16. The number of pyridine rings is 1. The van der Waals surface area contributed by atoms with Gasteiger partial charge in [-0.1, -0.05) is 0 Å². The van der Waals surface area contributed by atoms with Gasteiger partial charge in [0, 0.05) is 0 Å². The highest BCUT2D eigenvalue weighted by Gasteiger charge is 2.27. The number of carboxylic acid groups (broad SMARTS) is 1. The van der Waals surface area contributed by atoms with E-state index in [1.165, 1.54) is 22.6 Å². The lowest BCUT2D eigenvalue weighted by molar-refractivity contribution is -0.387. The highest BCUT2D eigenvalue weighted by molar-refractivity contribution is 14.1. The van der Waals surface area contributed by atoms with E-state index in [2.05, 4.69) is 4.98 Å². The number of hydrogen-bond donors (Lipinski definition) is 1. The normalized spacial score (nSPS) is 10.6. The molecule has 0 fully saturated rings. The molecular weight excluding hydrogens is 353 g/mol. The second kappa shape index (κ2) is 5.29. The summed E-state index contributed by atoms with van der Waals surface area (Å²) in [5.74, 6) is -1.25. The van der Waals surface area contributed by atoms with Crippen LogP contribution >= 0.6 is 22.6 Å². The predicted octanol–water partition coefficient (Wildman–Crippen LogP) is 2.16. The molecule has 0 spiro atoms. The summed E-state index contributed by atoms with van der Waals surface area (Å²) in [7, 11) is 0. The van der Waals surface area contributed by atoms with Crippen molar-refractivity contribution in [1.29, 1.82) is 0 Å². The molecule has 1 rings (SSSR count). The van der Waals surface area contributed by atoms with E-state index >= 15 is 0 Å². The number of nitro groups is 1. The Morgan fingerprint density at radius 1 is 1.65 bits per heavy atom. The average Bonchev–Trinajstić information content (AvgIpc) is 2.14. The first-order valence-corrected chi connectivity index (χ1v) is 5.24. The van der Waals surface area contributed by atoms with Crippen LogP contribution in [0.3, 0.4) is 0 Å². The van der Waals surface area contributed by atoms with Gasteiger partial charge in [0.1, 0.15) is 5.56 Å². The van der Waals surface area contributed by atoms with Crippen LogP contribution < -0.4 is 0 Å². The van der Waals surface area contributed by atoms with Gasteiger partial charge in [0.05, 0.1) is 17.0 Å². The van der Waals surface area contributed by atoms with Crippen molar-refractivity contribution in [2.75, 3.05) is 0 Å². The molecule has 0 atom stereocenters. The van der Waals surface area contributed by atoms with Crippen LogP contribution in [0.25, 0.3) is 0 Å². The summed E-state index contributed by atoms with van der Waals surface area (Å²) in [6.07, 6.45) is -3.62. The van der Waals surface area contributed by atoms with Crippen LogP contribution in [-0.2, 0) is 11.2 Å². The van der Waals surface area contributed by atoms with E-state index < -0.39 is 35.0 Å². The van der Waals surface area contributed by atoms with E-state index in [0.717, 1.165) is 6.07 Å². The maximum absolute atomic E-state index is 12.6. The number of rotatable bonds is 4. The smallest absolute Gasteiger partial charge is 0.309 e. The lowest BCUT2D eigenvalue weighted by Gasteiger charge is -2.05. The molecule has 0 aliphatic heterocycles. The van der Waals surface area contributed by atoms with Crippen molar-refractivity contribution in [3.05, 3.63) is 31.1 Å². The zero-order chi connectivity index (χ0) is 13.2. The van der Waals surface area contributed by atoms with Crippen LogP contribution in [-0.4, -0.2) is 21.0 Å². The summed E-state index contributed by atoms with van der Waals surface area (Å²) >= 11 is 1.43. The van der Waals surface area contributed by atoms with Crippen LogP contribution in [0.4, 0.5) is 14.5 Å². The van der Waals surface area contributed by atoms with Crippen molar-refractivity contribution in [2.45, 2.75) is 12.8 Å². The van der Waals surface area contributed by atoms with E-state index in [0.29, 0.717) is 0 Å². The maximum Gasteiger partial charge on any atom is 0.309 e. The molecular formula is C8H5F2IN2O4. The molecule has 1 aromatic rings. The van der Waals surface area contributed by atoms with Gasteiger partial charge in [-0.15, -0.1) is 0 Å². The van der Waals surface area contributed by atoms with Crippen LogP contribution in [0.2, 0.25) is 0 Å². The third-order valence-corrected chi connectivity index (χ3v) is 2.53. The Labute approximate surface area is 107 Å². The molecule has 0 saturated heterocycles. The Morgan fingerprint density at radius 3 is 2.65 bits per heavy atom. The first kappa shape index (κ1) is 13.7. The van der Waals surface area contributed by atoms with E-state index in [9.17, 15) is 23.7 Å². The Bertz CT molecular complexity index is 481. The number of hydrogen-bond acceptors (Lipinski definition) is 4. The van der Waals surface area contributed by atoms with E-state index in [-0.39, 0.29) is 9.39 Å². The van der Waals surface area contributed by atoms with E-state index in [1.54, 1.807) is 0 Å². The van der Waals surface area contributed by atoms with Crippen molar-refractivity contribution in [3.8, 4) is 0 Å². The number of carbonyl (C=O) groups is 1. The number of carboxylic acids is 1. The van der Waals surface area contributed by atoms with Gasteiger partial charge >= 0.3 is 11.7 Å². The molecule has 0 aromatic carbocycles. The molecule has 0 aliphatic carbocycles. The molecule has 92 valence electrons. The molecule has 1 heterocycles. The van der Waals surface area contributed by atoms with Crippen LogP contribution in [0.5, 0.6) is 0 Å². The van der Waals surface area contributed by atoms with Gasteiger partial charge in [0.25, 0.3) is 6.43 Å². The summed E-state index contributed by atoms with van der Waals surface area (Å²) in [5.41, 5.74) is -1.73. The van der Waals surface area contributed by atoms with Gasteiger partial charge in [-0.3, -0.25) is 14.9 Å². The monoisotopic (exact) mass is 358 g/mol. The average molecular weight is 358 g/mol. The minimum Gasteiger partial charge on any atom is -0.481 e. The van der Waals surface area contributed by atoms with Crippen LogP contribution in [0, 0.1) is 13.8 Å². The minimum atomic E-state index is -3.06. The summed E-state index contributed by atoms with van der Waals surface area (Å²) in [5, 5.41) is 19.1. The van der Waals surface area contributed by atoms with Gasteiger partial charge in [0.2, 0.25) is 0 Å². The molecule has 1 aromatic heterocycles. The van der Waals surface area contributed by atoms with Crippen molar-refractivity contribution in [2.24, 2.45) is 0 Å². The number of nitrogens with zero attached hydrogens (tertiary/aromatic N) is 2. The fraction of sp³-hybridized carbons (Fsp3) is 0.250. The molecule has 17 heavy (non-hydrogen) atoms. The van der Waals surface area contributed by atoms with Crippen LogP contribution in [0.15, 0.2) is 6.07 Å². The number of aliphatic carboxylic acids is 1. The molecule has 6 nitrogen and oxygen atoms in total. The van der Waals surface area contributed by atoms with Gasteiger partial charge < -0.3 is 5.11 Å². The SMILES string of the molecule is O=C(O)Cc1cc(C(F)F)c([N+](=O)[O-])c(I)n1. The molecule has 0 amide bonds. The fourth-order valence-corrected chi connectivity index (χ4v) is 1.99. The second-order valence-corrected chi connectivity index (χ2v) is 3.99. The fourth-order valence-electron chi connectivity index (χ4n) is 1.17. The third-order valence-electron chi connectivity index (χ3n) is 1.78. The van der Waals surface area contributed by atoms with E-state index in [1.807, 2.05) is 0 Å². The first-order chi connectivity index (χ1) is 7.82. The van der Waals surface area contributed by atoms with Crippen molar-refractivity contribution < 1.29 is 23.6 Å². The zero-order valence-electron chi connectivity index (χ0n) is 8.06. The standard InChI is InChI=1S/C8H5F2IN2O4/c9-7(10)4-1-3(2-5(14)15)12-8(11)6(4)13(16)17/h1,7H,2H2,(H,14,15). The third kappa shape index (κ3) is 3.28. The molecule has 0 bridgehead atoms. The Morgan fingerprint density at radius 2 is 2.24 bits per heavy atom. The summed E-state index contributed by atoms with van der Waals surface area (Å²) in [4.78, 5) is 23.7. The lowest BCUT2D eigenvalue weighted by Crippen LogP contribution is -2.08. The predicted molar refractivity (Wildman–Crippen MR) is 59.9 cm³/mol. The molecule has 9 heteroatoms. The molecule has 0 aliphatic rings. The van der Waals surface area contributed by atoms with Gasteiger partial charge in [-0.25, -0.2) is 13.8 Å². The number of alkyl halides is 2. The Hall–Kier alpha value is -1.39. The Kier molecular flexibility index (Phi) is 4.26. The van der Waals surface area contributed by atoms with Gasteiger partial charge in [0.15, 0.2) is 3.70 Å². The molecule has 0 radical (unpaired) electrons. The maximum atomic E-state index is 12.6. The van der Waals surface area contributed by atoms with E-state index in [4.69, 9.17) is 5.11 Å². The summed E-state index contributed by atoms with van der Waals surface area (Å²) in [6.45, 7) is 0. The van der Waals surface area contributed by atoms with Gasteiger partial charge in [-0.05, 0) is 28.7 Å². The number of aromatic nitrogens is 1. The highest BCUT2D eigenvalue weighted by Crippen LogP contribution is 2.32. The minimum absolute atomic E-state index is 0.136. The Balaban J connectivity index is 3.35. The van der Waals surface area contributed by atoms with Crippen molar-refractivity contribution in [1.82, 2.24) is 4.98 Å². The molecule has 1 N–H and O–H groups in total. The van der Waals surface area contributed by atoms with Crippen molar-refractivity contribution in [3.63, 3.8) is 0 Å². The number of halogens is 3. The quantitative estimate of drug-likeness (QED) is 0.385. The molecule has 0 saturated carbocycles. The zero-order valence-corrected chi connectivity index (χ0v) is 10.2. The highest BCUT2D eigenvalue weighted by atomic mass is 127. The largest absolute Gasteiger partial charge is 0.481 e. The topological polar surface area (TPSA) is 93.3 Å². The lowest BCUT2D eigenvalue weighted by atomic mass is 10.1.